The van der Waals surface area contributed by atoms with Crippen LogP contribution in [0, 0.1) is 5.41 Å². The zero-order chi connectivity index (χ0) is 14.6. The Kier molecular flexibility index (Phi) is 5.06. The molecule has 0 spiro atoms. The zero-order valence-electron chi connectivity index (χ0n) is 13.1. The van der Waals surface area contributed by atoms with Crippen LogP contribution in [0.3, 0.4) is 0 Å². The van der Waals surface area contributed by atoms with E-state index in [0.29, 0.717) is 12.1 Å². The average molecular weight is 277 g/mol. The van der Waals surface area contributed by atoms with Crippen molar-refractivity contribution >= 4 is 0 Å². The monoisotopic (exact) mass is 277 g/mol. The van der Waals surface area contributed by atoms with Crippen LogP contribution in [-0.2, 0) is 11.3 Å². The molecule has 0 bridgehead atoms. The third kappa shape index (κ3) is 2.99. The lowest BCUT2D eigenvalue weighted by Crippen LogP contribution is -2.61. The van der Waals surface area contributed by atoms with Gasteiger partial charge in [0.1, 0.15) is 5.75 Å². The van der Waals surface area contributed by atoms with Crippen molar-refractivity contribution in [3.8, 4) is 5.75 Å². The molecule has 112 valence electrons. The number of methoxy groups -OCH3 is 1. The molecule has 0 radical (unpaired) electrons. The number of nitrogens with one attached hydrogen (secondary N) is 1. The summed E-state index contributed by atoms with van der Waals surface area (Å²) in [6.07, 6.45) is 2.68. The molecule has 1 aliphatic rings. The van der Waals surface area contributed by atoms with Crippen molar-refractivity contribution in [1.82, 2.24) is 5.32 Å². The Morgan fingerprint density at radius 3 is 2.50 bits per heavy atom. The van der Waals surface area contributed by atoms with E-state index < -0.39 is 0 Å². The summed E-state index contributed by atoms with van der Waals surface area (Å²) < 4.78 is 11.0. The molecule has 0 amide bonds. The molecule has 3 atom stereocenters. The van der Waals surface area contributed by atoms with Gasteiger partial charge in [0, 0.05) is 24.6 Å². The molecule has 1 aromatic carbocycles. The molecule has 1 saturated carbocycles. The van der Waals surface area contributed by atoms with E-state index in [9.17, 15) is 0 Å². The third-order valence-corrected chi connectivity index (χ3v) is 4.82. The summed E-state index contributed by atoms with van der Waals surface area (Å²) in [5.74, 6) is 0.909. The minimum Gasteiger partial charge on any atom is -0.497 e. The Bertz CT molecular complexity index is 418. The average Bonchev–Trinajstić information content (AvgIpc) is 2.49. The minimum atomic E-state index is 0.266. The quantitative estimate of drug-likeness (QED) is 0.829. The summed E-state index contributed by atoms with van der Waals surface area (Å²) in [4.78, 5) is 0. The van der Waals surface area contributed by atoms with E-state index in [1.165, 1.54) is 5.56 Å². The van der Waals surface area contributed by atoms with Crippen molar-refractivity contribution in [3.05, 3.63) is 29.8 Å². The van der Waals surface area contributed by atoms with Crippen LogP contribution in [0.4, 0.5) is 0 Å². The van der Waals surface area contributed by atoms with Crippen molar-refractivity contribution in [1.29, 1.82) is 0 Å². The highest BCUT2D eigenvalue weighted by molar-refractivity contribution is 5.27. The molecule has 0 saturated heterocycles. The maximum atomic E-state index is 5.84. The summed E-state index contributed by atoms with van der Waals surface area (Å²) in [6.45, 7) is 8.39. The Morgan fingerprint density at radius 1 is 1.25 bits per heavy atom. The molecular weight excluding hydrogens is 250 g/mol. The number of rotatable bonds is 7. The fourth-order valence-corrected chi connectivity index (χ4v) is 3.05. The first-order valence-electron chi connectivity index (χ1n) is 7.62. The van der Waals surface area contributed by atoms with E-state index in [4.69, 9.17) is 9.47 Å². The van der Waals surface area contributed by atoms with Crippen molar-refractivity contribution < 1.29 is 9.47 Å². The Balaban J connectivity index is 1.87. The topological polar surface area (TPSA) is 30.5 Å². The van der Waals surface area contributed by atoms with Crippen LogP contribution < -0.4 is 10.1 Å². The lowest BCUT2D eigenvalue weighted by Gasteiger charge is -2.53. The van der Waals surface area contributed by atoms with Crippen LogP contribution in [0.1, 0.15) is 39.2 Å². The lowest BCUT2D eigenvalue weighted by molar-refractivity contribution is -0.126. The van der Waals surface area contributed by atoms with Crippen molar-refractivity contribution in [2.75, 3.05) is 13.7 Å². The molecule has 3 nitrogen and oxygen atoms in total. The van der Waals surface area contributed by atoms with Gasteiger partial charge in [0.2, 0.25) is 0 Å². The van der Waals surface area contributed by atoms with Gasteiger partial charge in [-0.1, -0.05) is 26.0 Å². The first kappa shape index (κ1) is 15.3. The summed E-state index contributed by atoms with van der Waals surface area (Å²) >= 11 is 0. The molecular formula is C17H27NO2. The second-order valence-electron chi connectivity index (χ2n) is 5.82. The summed E-state index contributed by atoms with van der Waals surface area (Å²) in [6, 6.07) is 8.81. The van der Waals surface area contributed by atoms with E-state index in [1.807, 2.05) is 12.1 Å². The Hall–Kier alpha value is -1.06. The van der Waals surface area contributed by atoms with Crippen LogP contribution in [0.5, 0.6) is 5.75 Å². The first-order valence-corrected chi connectivity index (χ1v) is 7.62. The van der Waals surface area contributed by atoms with Gasteiger partial charge in [0.15, 0.2) is 0 Å². The second kappa shape index (κ2) is 6.59. The molecule has 0 aliphatic heterocycles. The zero-order valence-corrected chi connectivity index (χ0v) is 13.1. The predicted octanol–water partition coefficient (Wildman–Crippen LogP) is 3.38. The molecule has 1 aromatic rings. The van der Waals surface area contributed by atoms with E-state index >= 15 is 0 Å². The van der Waals surface area contributed by atoms with E-state index in [-0.39, 0.29) is 5.41 Å². The lowest BCUT2D eigenvalue weighted by atomic mass is 9.61. The van der Waals surface area contributed by atoms with Gasteiger partial charge in [0.25, 0.3) is 0 Å². The normalized spacial score (nSPS) is 29.0. The van der Waals surface area contributed by atoms with Gasteiger partial charge >= 0.3 is 0 Å². The Morgan fingerprint density at radius 2 is 1.95 bits per heavy atom. The number of hydrogen-bond donors (Lipinski definition) is 1. The fourth-order valence-electron chi connectivity index (χ4n) is 3.05. The van der Waals surface area contributed by atoms with Gasteiger partial charge in [-0.05, 0) is 37.5 Å². The molecule has 3 unspecified atom stereocenters. The minimum absolute atomic E-state index is 0.266. The van der Waals surface area contributed by atoms with Gasteiger partial charge in [0.05, 0.1) is 13.2 Å². The molecule has 1 N–H and O–H groups in total. The largest absolute Gasteiger partial charge is 0.497 e. The Labute approximate surface area is 122 Å². The second-order valence-corrected chi connectivity index (χ2v) is 5.82. The van der Waals surface area contributed by atoms with E-state index in [0.717, 1.165) is 31.7 Å². The maximum absolute atomic E-state index is 5.84. The van der Waals surface area contributed by atoms with Crippen molar-refractivity contribution in [2.45, 2.75) is 52.3 Å². The molecule has 20 heavy (non-hydrogen) atoms. The standard InChI is InChI=1S/C17H27NO2/c1-5-17(3)15(11-16(17)20-6-2)18-12-13-7-9-14(19-4)10-8-13/h7-10,15-16,18H,5-6,11-12H2,1-4H3. The smallest absolute Gasteiger partial charge is 0.118 e. The van der Waals surface area contributed by atoms with Crippen molar-refractivity contribution in [3.63, 3.8) is 0 Å². The fraction of sp³-hybridized carbons (Fsp3) is 0.647. The molecule has 1 fully saturated rings. The molecule has 2 rings (SSSR count). The molecule has 0 aromatic heterocycles. The van der Waals surface area contributed by atoms with Gasteiger partial charge < -0.3 is 14.8 Å². The van der Waals surface area contributed by atoms with Gasteiger partial charge in [-0.15, -0.1) is 0 Å². The maximum Gasteiger partial charge on any atom is 0.118 e. The summed E-state index contributed by atoms with van der Waals surface area (Å²) in [5, 5.41) is 3.68. The third-order valence-electron chi connectivity index (χ3n) is 4.82. The number of benzene rings is 1. The van der Waals surface area contributed by atoms with Crippen LogP contribution >= 0.6 is 0 Å². The van der Waals surface area contributed by atoms with E-state index in [1.54, 1.807) is 7.11 Å². The highest BCUT2D eigenvalue weighted by atomic mass is 16.5. The van der Waals surface area contributed by atoms with Gasteiger partial charge in [-0.25, -0.2) is 0 Å². The van der Waals surface area contributed by atoms with Crippen LogP contribution in [-0.4, -0.2) is 25.9 Å². The highest BCUT2D eigenvalue weighted by Crippen LogP contribution is 2.45. The van der Waals surface area contributed by atoms with Crippen LogP contribution in [0.25, 0.3) is 0 Å². The van der Waals surface area contributed by atoms with Crippen LogP contribution in [0.15, 0.2) is 24.3 Å². The van der Waals surface area contributed by atoms with Gasteiger partial charge in [-0.3, -0.25) is 0 Å². The molecule has 1 aliphatic carbocycles. The first-order chi connectivity index (χ1) is 9.63. The van der Waals surface area contributed by atoms with E-state index in [2.05, 4.69) is 38.2 Å². The SMILES string of the molecule is CCOC1CC(NCc2ccc(OC)cc2)C1(C)CC. The van der Waals surface area contributed by atoms with Gasteiger partial charge in [-0.2, -0.15) is 0 Å². The highest BCUT2D eigenvalue weighted by Gasteiger charge is 2.50. The summed E-state index contributed by atoms with van der Waals surface area (Å²) in [5.41, 5.74) is 1.56. The number of ether oxygens (including phenoxy) is 2. The number of hydrogen-bond acceptors (Lipinski definition) is 3. The predicted molar refractivity (Wildman–Crippen MR) is 82.1 cm³/mol. The van der Waals surface area contributed by atoms with Crippen LogP contribution in [0.2, 0.25) is 0 Å². The van der Waals surface area contributed by atoms with Crippen molar-refractivity contribution in [2.24, 2.45) is 5.41 Å². The summed E-state index contributed by atoms with van der Waals surface area (Å²) in [7, 11) is 1.70. The molecule has 3 heteroatoms. The molecule has 0 heterocycles.